The van der Waals surface area contributed by atoms with Crippen LogP contribution < -0.4 is 4.90 Å². The molecule has 4 heteroatoms. The summed E-state index contributed by atoms with van der Waals surface area (Å²) in [5.41, 5.74) is 6.18. The fourth-order valence-corrected chi connectivity index (χ4v) is 9.45. The Hall–Kier alpha value is -5.99. The molecule has 49 heavy (non-hydrogen) atoms. The van der Waals surface area contributed by atoms with Gasteiger partial charge < -0.3 is 4.90 Å². The van der Waals surface area contributed by atoms with E-state index in [9.17, 15) is 5.26 Å². The molecular formula is C45H26N2S2. The van der Waals surface area contributed by atoms with Gasteiger partial charge in [-0.3, -0.25) is 0 Å². The highest BCUT2D eigenvalue weighted by Crippen LogP contribution is 2.42. The summed E-state index contributed by atoms with van der Waals surface area (Å²) in [4.78, 5) is 2.37. The van der Waals surface area contributed by atoms with E-state index in [4.69, 9.17) is 0 Å². The van der Waals surface area contributed by atoms with Crippen LogP contribution in [-0.4, -0.2) is 0 Å². The Morgan fingerprint density at radius 1 is 0.388 bits per heavy atom. The summed E-state index contributed by atoms with van der Waals surface area (Å²) < 4.78 is 5.26. The standard InChI is InChI=1S/C45H26N2S2/c46-27-28-9-11-29(12-10-28)30-13-17-35(18-14-30)47(36-19-15-31-23-40-38-5-1-3-7-42(38)48-44(40)25-33(31)21-36)37-20-16-32-24-41-39-6-2-4-8-43(39)49-45(41)26-34(32)22-37/h1-26H. The fourth-order valence-electron chi connectivity index (χ4n) is 7.18. The predicted molar refractivity (Wildman–Crippen MR) is 212 cm³/mol. The summed E-state index contributed by atoms with van der Waals surface area (Å²) in [7, 11) is 0. The van der Waals surface area contributed by atoms with Crippen LogP contribution in [0.2, 0.25) is 0 Å². The SMILES string of the molecule is N#Cc1ccc(-c2ccc(N(c3ccc4cc5c(cc4c3)sc3ccccc35)c3ccc4cc5c(cc4c3)sc3ccccc35)cc2)cc1. The summed E-state index contributed by atoms with van der Waals surface area (Å²) in [5, 5.41) is 19.5. The van der Waals surface area contributed by atoms with Crippen LogP contribution in [0.5, 0.6) is 0 Å². The van der Waals surface area contributed by atoms with E-state index in [0.29, 0.717) is 5.56 Å². The average Bonchev–Trinajstić information content (AvgIpc) is 3.70. The lowest BCUT2D eigenvalue weighted by Crippen LogP contribution is -2.09. The summed E-state index contributed by atoms with van der Waals surface area (Å²) in [6, 6.07) is 59.2. The van der Waals surface area contributed by atoms with Gasteiger partial charge in [0.1, 0.15) is 0 Å². The van der Waals surface area contributed by atoms with Crippen molar-refractivity contribution >= 4 is 102 Å². The second-order valence-electron chi connectivity index (χ2n) is 12.5. The third-order valence-electron chi connectivity index (χ3n) is 9.63. The van der Waals surface area contributed by atoms with Gasteiger partial charge in [-0.15, -0.1) is 22.7 Å². The van der Waals surface area contributed by atoms with Gasteiger partial charge in [-0.1, -0.05) is 72.8 Å². The quantitative estimate of drug-likeness (QED) is 0.188. The first-order chi connectivity index (χ1) is 24.2. The van der Waals surface area contributed by atoms with Gasteiger partial charge in [0, 0.05) is 57.4 Å². The molecule has 2 heterocycles. The summed E-state index contributed by atoms with van der Waals surface area (Å²) in [6.07, 6.45) is 0. The van der Waals surface area contributed by atoms with Crippen molar-refractivity contribution in [2.24, 2.45) is 0 Å². The topological polar surface area (TPSA) is 27.0 Å². The molecule has 0 atom stereocenters. The Morgan fingerprint density at radius 3 is 1.37 bits per heavy atom. The highest BCUT2D eigenvalue weighted by Gasteiger charge is 2.16. The van der Waals surface area contributed by atoms with Gasteiger partial charge in [0.15, 0.2) is 0 Å². The van der Waals surface area contributed by atoms with E-state index in [1.807, 2.05) is 46.9 Å². The molecule has 0 fully saturated rings. The summed E-state index contributed by atoms with van der Waals surface area (Å²) >= 11 is 3.72. The van der Waals surface area contributed by atoms with Crippen molar-refractivity contribution < 1.29 is 0 Å². The Morgan fingerprint density at radius 2 is 0.857 bits per heavy atom. The lowest BCUT2D eigenvalue weighted by molar-refractivity contribution is 1.29. The maximum Gasteiger partial charge on any atom is 0.0991 e. The molecule has 0 aliphatic rings. The fraction of sp³-hybridized carbons (Fsp3) is 0. The molecular weight excluding hydrogens is 633 g/mol. The van der Waals surface area contributed by atoms with Crippen molar-refractivity contribution in [3.8, 4) is 17.2 Å². The van der Waals surface area contributed by atoms with Crippen LogP contribution in [0.3, 0.4) is 0 Å². The Kier molecular flexibility index (Phi) is 6.32. The molecule has 0 unspecified atom stereocenters. The Balaban J connectivity index is 1.13. The number of anilines is 3. The number of benzene rings is 8. The largest absolute Gasteiger partial charge is 0.310 e. The number of thiophene rings is 2. The maximum absolute atomic E-state index is 9.26. The zero-order valence-corrected chi connectivity index (χ0v) is 27.9. The van der Waals surface area contributed by atoms with Crippen molar-refractivity contribution in [3.63, 3.8) is 0 Å². The number of nitrogens with zero attached hydrogens (tertiary/aromatic N) is 2. The number of fused-ring (bicyclic) bond motifs is 8. The minimum Gasteiger partial charge on any atom is -0.310 e. The molecule has 0 aliphatic heterocycles. The van der Waals surface area contributed by atoms with Crippen LogP contribution in [0.4, 0.5) is 17.1 Å². The van der Waals surface area contributed by atoms with E-state index < -0.39 is 0 Å². The predicted octanol–water partition coefficient (Wildman–Crippen LogP) is 13.7. The average molecular weight is 659 g/mol. The van der Waals surface area contributed by atoms with Crippen molar-refractivity contribution in [3.05, 3.63) is 163 Å². The molecule has 0 radical (unpaired) electrons. The zero-order chi connectivity index (χ0) is 32.5. The highest BCUT2D eigenvalue weighted by molar-refractivity contribution is 7.26. The molecule has 10 rings (SSSR count). The molecule has 0 aliphatic carbocycles. The van der Waals surface area contributed by atoms with Crippen LogP contribution in [0.25, 0.3) is 73.0 Å². The first-order valence-corrected chi connectivity index (χ1v) is 17.9. The molecule has 228 valence electrons. The number of nitriles is 1. The van der Waals surface area contributed by atoms with Crippen molar-refractivity contribution in [1.29, 1.82) is 5.26 Å². The number of hydrogen-bond donors (Lipinski definition) is 0. The number of hydrogen-bond acceptors (Lipinski definition) is 4. The van der Waals surface area contributed by atoms with E-state index in [2.05, 4.69) is 144 Å². The molecule has 0 N–H and O–H groups in total. The molecule has 0 bridgehead atoms. The Labute approximate surface area is 290 Å². The van der Waals surface area contributed by atoms with Gasteiger partial charge >= 0.3 is 0 Å². The molecule has 0 spiro atoms. The molecule has 8 aromatic carbocycles. The lowest BCUT2D eigenvalue weighted by Gasteiger charge is -2.26. The molecule has 0 saturated carbocycles. The van der Waals surface area contributed by atoms with Crippen LogP contribution in [0.1, 0.15) is 5.56 Å². The van der Waals surface area contributed by atoms with Gasteiger partial charge in [0.05, 0.1) is 11.6 Å². The first kappa shape index (κ1) is 28.1. The van der Waals surface area contributed by atoms with E-state index in [1.54, 1.807) is 0 Å². The molecule has 10 aromatic rings. The van der Waals surface area contributed by atoms with Crippen molar-refractivity contribution in [1.82, 2.24) is 0 Å². The van der Waals surface area contributed by atoms with Crippen LogP contribution in [-0.2, 0) is 0 Å². The van der Waals surface area contributed by atoms with E-state index in [-0.39, 0.29) is 0 Å². The molecule has 2 nitrogen and oxygen atoms in total. The summed E-state index contributed by atoms with van der Waals surface area (Å²) in [5.74, 6) is 0. The zero-order valence-electron chi connectivity index (χ0n) is 26.2. The third kappa shape index (κ3) is 4.67. The lowest BCUT2D eigenvalue weighted by atomic mass is 10.0. The van der Waals surface area contributed by atoms with Gasteiger partial charge in [0.25, 0.3) is 0 Å². The monoisotopic (exact) mass is 658 g/mol. The first-order valence-electron chi connectivity index (χ1n) is 16.3. The highest BCUT2D eigenvalue weighted by atomic mass is 32.1. The molecule has 0 saturated heterocycles. The normalized spacial score (nSPS) is 11.7. The van der Waals surface area contributed by atoms with E-state index in [1.165, 1.54) is 61.9 Å². The van der Waals surface area contributed by atoms with Crippen molar-refractivity contribution in [2.45, 2.75) is 0 Å². The second-order valence-corrected chi connectivity index (χ2v) is 14.7. The third-order valence-corrected chi connectivity index (χ3v) is 11.9. The van der Waals surface area contributed by atoms with Crippen LogP contribution >= 0.6 is 22.7 Å². The minimum atomic E-state index is 0.667. The van der Waals surface area contributed by atoms with Gasteiger partial charge in [-0.2, -0.15) is 5.26 Å². The number of rotatable bonds is 4. The van der Waals surface area contributed by atoms with E-state index in [0.717, 1.165) is 28.2 Å². The van der Waals surface area contributed by atoms with Crippen molar-refractivity contribution in [2.75, 3.05) is 4.90 Å². The minimum absolute atomic E-state index is 0.667. The Bertz CT molecular complexity index is 2790. The molecule has 2 aromatic heterocycles. The van der Waals surface area contributed by atoms with E-state index >= 15 is 0 Å². The smallest absolute Gasteiger partial charge is 0.0991 e. The molecule has 0 amide bonds. The summed E-state index contributed by atoms with van der Waals surface area (Å²) in [6.45, 7) is 0. The van der Waals surface area contributed by atoms with Crippen LogP contribution in [0, 0.1) is 11.3 Å². The van der Waals surface area contributed by atoms with Gasteiger partial charge in [-0.25, -0.2) is 0 Å². The van der Waals surface area contributed by atoms with Crippen LogP contribution in [0.15, 0.2) is 158 Å². The van der Waals surface area contributed by atoms with Gasteiger partial charge in [0.2, 0.25) is 0 Å². The maximum atomic E-state index is 9.26. The second kappa shape index (κ2) is 11.0. The van der Waals surface area contributed by atoms with Gasteiger partial charge in [-0.05, 0) is 118 Å².